The van der Waals surface area contributed by atoms with Crippen molar-refractivity contribution in [1.29, 1.82) is 5.26 Å². The zero-order valence-electron chi connectivity index (χ0n) is 14.8. The van der Waals surface area contributed by atoms with E-state index in [1.165, 1.54) is 0 Å². The van der Waals surface area contributed by atoms with Crippen molar-refractivity contribution in [2.45, 2.75) is 26.4 Å². The van der Waals surface area contributed by atoms with Gasteiger partial charge in [0.2, 0.25) is 0 Å². The second-order valence-electron chi connectivity index (χ2n) is 6.90. The van der Waals surface area contributed by atoms with Crippen LogP contribution in [0.15, 0.2) is 53.7 Å². The molecule has 2 aromatic carbocycles. The third-order valence-corrected chi connectivity index (χ3v) is 4.99. The van der Waals surface area contributed by atoms with Crippen LogP contribution in [0.5, 0.6) is 0 Å². The van der Waals surface area contributed by atoms with Crippen LogP contribution in [-0.2, 0) is 0 Å². The lowest BCUT2D eigenvalue weighted by molar-refractivity contribution is 0.529. The fourth-order valence-electron chi connectivity index (χ4n) is 3.43. The van der Waals surface area contributed by atoms with Crippen molar-refractivity contribution in [3.63, 3.8) is 0 Å². The van der Waals surface area contributed by atoms with E-state index in [0.29, 0.717) is 10.7 Å². The fraction of sp³-hybridized carbons (Fsp3) is 0.190. The molecule has 0 saturated carbocycles. The molecular weight excluding hydrogens is 344 g/mol. The summed E-state index contributed by atoms with van der Waals surface area (Å²) in [6.07, 6.45) is 4.07. The quantitative estimate of drug-likeness (QED) is 0.569. The highest BCUT2D eigenvalue weighted by Gasteiger charge is 2.36. The van der Waals surface area contributed by atoms with Crippen LogP contribution in [0.4, 0.5) is 5.69 Å². The molecule has 1 aliphatic heterocycles. The Morgan fingerprint density at radius 1 is 1.15 bits per heavy atom. The average Bonchev–Trinajstić information content (AvgIpc) is 2.61. The Labute approximate surface area is 157 Å². The van der Waals surface area contributed by atoms with Crippen LogP contribution in [0, 0.1) is 18.4 Å². The van der Waals surface area contributed by atoms with Crippen LogP contribution < -0.4 is 4.90 Å². The van der Waals surface area contributed by atoms with Crippen LogP contribution in [-0.4, -0.2) is 16.4 Å². The second kappa shape index (κ2) is 5.82. The molecule has 0 unspecified atom stereocenters. The van der Waals surface area contributed by atoms with Gasteiger partial charge in [-0.3, -0.25) is 14.9 Å². The number of para-hydroxylation sites is 2. The molecule has 3 aromatic rings. The Hall–Kier alpha value is -2.90. The Morgan fingerprint density at radius 2 is 1.92 bits per heavy atom. The lowest BCUT2D eigenvalue weighted by Crippen LogP contribution is -2.44. The van der Waals surface area contributed by atoms with Crippen LogP contribution in [0.2, 0.25) is 5.02 Å². The highest BCUT2D eigenvalue weighted by Crippen LogP contribution is 2.40. The van der Waals surface area contributed by atoms with Gasteiger partial charge in [0, 0.05) is 22.7 Å². The fourth-order valence-corrected chi connectivity index (χ4v) is 3.69. The number of hydrogen-bond donors (Lipinski definition) is 0. The van der Waals surface area contributed by atoms with Gasteiger partial charge < -0.3 is 0 Å². The highest BCUT2D eigenvalue weighted by molar-refractivity contribution is 6.35. The summed E-state index contributed by atoms with van der Waals surface area (Å²) in [6, 6.07) is 13.8. The van der Waals surface area contributed by atoms with E-state index in [-0.39, 0.29) is 0 Å². The number of hydrogen-bond acceptors (Lipinski definition) is 4. The first kappa shape index (κ1) is 16.6. The van der Waals surface area contributed by atoms with Crippen molar-refractivity contribution in [3.8, 4) is 6.19 Å². The number of fused-ring (bicyclic) bond motifs is 2. The number of nitriles is 1. The molecule has 0 atom stereocenters. The normalized spacial score (nSPS) is 15.3. The predicted molar refractivity (Wildman–Crippen MR) is 106 cm³/mol. The maximum absolute atomic E-state index is 9.66. The first-order valence-electron chi connectivity index (χ1n) is 8.37. The van der Waals surface area contributed by atoms with Crippen LogP contribution in [0.1, 0.15) is 30.5 Å². The van der Waals surface area contributed by atoms with E-state index in [4.69, 9.17) is 16.6 Å². The molecular formula is C21H17ClN4. The van der Waals surface area contributed by atoms with Gasteiger partial charge in [-0.25, -0.2) is 0 Å². The number of benzene rings is 2. The average molecular weight is 361 g/mol. The summed E-state index contributed by atoms with van der Waals surface area (Å²) in [5, 5.41) is 11.3. The minimum Gasteiger partial charge on any atom is -0.255 e. The minimum absolute atomic E-state index is 0.536. The van der Waals surface area contributed by atoms with Crippen LogP contribution in [0.3, 0.4) is 0 Å². The number of nitrogens with zero attached hydrogens (tertiary/aromatic N) is 4. The maximum atomic E-state index is 9.66. The number of anilines is 1. The van der Waals surface area contributed by atoms with Gasteiger partial charge in [-0.1, -0.05) is 41.9 Å². The molecule has 0 spiro atoms. The molecule has 0 aliphatic carbocycles. The van der Waals surface area contributed by atoms with E-state index in [9.17, 15) is 5.26 Å². The number of aryl methyl sites for hydroxylation is 1. The third kappa shape index (κ3) is 2.44. The molecule has 1 aliphatic rings. The molecule has 0 radical (unpaired) electrons. The van der Waals surface area contributed by atoms with Crippen molar-refractivity contribution >= 4 is 33.9 Å². The molecule has 0 N–H and O–H groups in total. The molecule has 128 valence electrons. The molecule has 0 saturated heterocycles. The summed E-state index contributed by atoms with van der Waals surface area (Å²) in [5.74, 6) is 0. The molecule has 4 rings (SSSR count). The van der Waals surface area contributed by atoms with Gasteiger partial charge in [-0.05, 0) is 38.5 Å². The summed E-state index contributed by atoms with van der Waals surface area (Å²) in [7, 11) is 0. The van der Waals surface area contributed by atoms with Gasteiger partial charge in [0.1, 0.15) is 5.66 Å². The van der Waals surface area contributed by atoms with Gasteiger partial charge in [0.25, 0.3) is 0 Å². The monoisotopic (exact) mass is 360 g/mol. The second-order valence-corrected chi connectivity index (χ2v) is 7.30. The number of pyridine rings is 1. The van der Waals surface area contributed by atoms with E-state index in [2.05, 4.69) is 30.2 Å². The van der Waals surface area contributed by atoms with Crippen LogP contribution >= 0.6 is 11.6 Å². The van der Waals surface area contributed by atoms with Gasteiger partial charge in [-0.15, -0.1) is 0 Å². The molecule has 1 aromatic heterocycles. The van der Waals surface area contributed by atoms with Crippen molar-refractivity contribution < 1.29 is 0 Å². The van der Waals surface area contributed by atoms with Crippen molar-refractivity contribution in [1.82, 2.24) is 4.98 Å². The largest absolute Gasteiger partial charge is 0.255 e. The molecule has 0 amide bonds. The maximum Gasteiger partial charge on any atom is 0.186 e. The van der Waals surface area contributed by atoms with Gasteiger partial charge in [-0.2, -0.15) is 5.26 Å². The van der Waals surface area contributed by atoms with E-state index in [1.807, 2.05) is 44.3 Å². The molecule has 2 heterocycles. The first-order valence-corrected chi connectivity index (χ1v) is 8.74. The minimum atomic E-state index is -0.733. The van der Waals surface area contributed by atoms with Crippen molar-refractivity contribution in [2.24, 2.45) is 4.99 Å². The van der Waals surface area contributed by atoms with Crippen molar-refractivity contribution in [2.75, 3.05) is 4.90 Å². The van der Waals surface area contributed by atoms with Gasteiger partial charge in [0.15, 0.2) is 6.19 Å². The Kier molecular flexibility index (Phi) is 3.71. The van der Waals surface area contributed by atoms with E-state index < -0.39 is 5.66 Å². The van der Waals surface area contributed by atoms with E-state index in [1.54, 1.807) is 11.0 Å². The zero-order valence-corrected chi connectivity index (χ0v) is 15.5. The number of aliphatic imine (C=N–C) groups is 1. The smallest absolute Gasteiger partial charge is 0.186 e. The Balaban J connectivity index is 1.99. The lowest BCUT2D eigenvalue weighted by Gasteiger charge is -2.37. The Bertz CT molecular complexity index is 1110. The Morgan fingerprint density at radius 3 is 2.69 bits per heavy atom. The molecule has 4 nitrogen and oxygen atoms in total. The third-order valence-electron chi connectivity index (χ3n) is 4.68. The first-order chi connectivity index (χ1) is 12.4. The topological polar surface area (TPSA) is 52.3 Å². The summed E-state index contributed by atoms with van der Waals surface area (Å²) < 4.78 is 0. The van der Waals surface area contributed by atoms with E-state index in [0.717, 1.165) is 33.3 Å². The highest BCUT2D eigenvalue weighted by atomic mass is 35.5. The summed E-state index contributed by atoms with van der Waals surface area (Å²) in [4.78, 5) is 11.1. The molecule has 5 heteroatoms. The molecule has 0 fully saturated rings. The predicted octanol–water partition coefficient (Wildman–Crippen LogP) is 5.07. The zero-order chi connectivity index (χ0) is 18.5. The lowest BCUT2D eigenvalue weighted by atomic mass is 9.95. The molecule has 0 bridgehead atoms. The van der Waals surface area contributed by atoms with Gasteiger partial charge >= 0.3 is 0 Å². The standard InChI is InChI=1S/C21H17ClN4/c1-13-6-4-7-14-10-15(11-24-18(13)14)19-16-8-5-9-17(22)20(16)26(12-23)21(2,3)25-19/h4-11H,1-3H3. The summed E-state index contributed by atoms with van der Waals surface area (Å²) in [5.41, 5.74) is 4.63. The number of rotatable bonds is 1. The number of aromatic nitrogens is 1. The molecule has 26 heavy (non-hydrogen) atoms. The van der Waals surface area contributed by atoms with Crippen LogP contribution in [0.25, 0.3) is 10.9 Å². The summed E-state index contributed by atoms with van der Waals surface area (Å²) in [6.45, 7) is 5.86. The van der Waals surface area contributed by atoms with Crippen molar-refractivity contribution in [3.05, 3.63) is 70.4 Å². The van der Waals surface area contributed by atoms with Gasteiger partial charge in [0.05, 0.1) is 21.9 Å². The van der Waals surface area contributed by atoms with E-state index >= 15 is 0 Å². The number of halogens is 1. The SMILES string of the molecule is Cc1cccc2cc(C3=NC(C)(C)N(C#N)c4c(Cl)cccc43)cnc12. The summed E-state index contributed by atoms with van der Waals surface area (Å²) >= 11 is 6.45.